The topological polar surface area (TPSA) is 38.5 Å². The van der Waals surface area contributed by atoms with Gasteiger partial charge in [0.15, 0.2) is 0 Å². The van der Waals surface area contributed by atoms with Crippen LogP contribution in [0.3, 0.4) is 0 Å². The first-order valence-corrected chi connectivity index (χ1v) is 6.69. The lowest BCUT2D eigenvalue weighted by Crippen LogP contribution is -2.25. The first-order valence-electron chi connectivity index (χ1n) is 6.69. The maximum atomic E-state index is 13.5. The van der Waals surface area contributed by atoms with E-state index in [9.17, 15) is 4.39 Å². The fourth-order valence-corrected chi connectivity index (χ4v) is 2.44. The van der Waals surface area contributed by atoms with Crippen molar-refractivity contribution in [3.8, 4) is 5.75 Å². The van der Waals surface area contributed by atoms with Crippen molar-refractivity contribution in [1.29, 1.82) is 0 Å². The van der Waals surface area contributed by atoms with Crippen molar-refractivity contribution in [2.75, 3.05) is 18.9 Å². The molecule has 4 heteroatoms. The minimum Gasteiger partial charge on any atom is -0.492 e. The number of nitrogens with zero attached hydrogens (tertiary/aromatic N) is 1. The van der Waals surface area contributed by atoms with Crippen LogP contribution >= 0.6 is 0 Å². The van der Waals surface area contributed by atoms with Gasteiger partial charge in [-0.3, -0.25) is 4.90 Å². The second-order valence-corrected chi connectivity index (χ2v) is 5.02. The molecule has 0 amide bonds. The molecule has 1 aliphatic heterocycles. The number of halogens is 1. The minimum absolute atomic E-state index is 0.193. The van der Waals surface area contributed by atoms with E-state index in [2.05, 4.69) is 11.0 Å². The van der Waals surface area contributed by atoms with Crippen LogP contribution in [0, 0.1) is 5.82 Å². The molecule has 2 aromatic rings. The number of hydrogen-bond donors (Lipinski definition) is 1. The average Bonchev–Trinajstić information content (AvgIpc) is 2.64. The fourth-order valence-electron chi connectivity index (χ4n) is 2.44. The van der Waals surface area contributed by atoms with Crippen molar-refractivity contribution in [2.45, 2.75) is 13.1 Å². The van der Waals surface area contributed by atoms with Crippen molar-refractivity contribution in [1.82, 2.24) is 4.90 Å². The average molecular weight is 272 g/mol. The molecule has 0 spiro atoms. The van der Waals surface area contributed by atoms with E-state index in [0.29, 0.717) is 13.2 Å². The van der Waals surface area contributed by atoms with Crippen molar-refractivity contribution >= 4 is 5.69 Å². The number of benzene rings is 2. The van der Waals surface area contributed by atoms with E-state index in [0.717, 1.165) is 24.4 Å². The molecule has 1 heterocycles. The number of nitrogens with two attached hydrogens (primary N) is 1. The lowest BCUT2D eigenvalue weighted by Gasteiger charge is -2.19. The van der Waals surface area contributed by atoms with Crippen molar-refractivity contribution in [3.63, 3.8) is 0 Å². The highest BCUT2D eigenvalue weighted by molar-refractivity contribution is 5.41. The highest BCUT2D eigenvalue weighted by atomic mass is 19.1. The summed E-state index contributed by atoms with van der Waals surface area (Å²) in [6.45, 7) is 2.96. The number of anilines is 1. The predicted octanol–water partition coefficient (Wildman–Crippen LogP) is 2.80. The molecule has 3 rings (SSSR count). The standard InChI is InChI=1S/C16H17FN2O/c17-14-9-12(5-6-15(14)18)10-19-7-8-20-16-4-2-1-3-13(16)11-19/h1-6,9H,7-8,10-11,18H2. The Hall–Kier alpha value is -2.07. The van der Waals surface area contributed by atoms with Gasteiger partial charge in [0.05, 0.1) is 5.69 Å². The van der Waals surface area contributed by atoms with Gasteiger partial charge >= 0.3 is 0 Å². The molecule has 0 atom stereocenters. The smallest absolute Gasteiger partial charge is 0.146 e. The molecule has 20 heavy (non-hydrogen) atoms. The van der Waals surface area contributed by atoms with Gasteiger partial charge in [-0.2, -0.15) is 0 Å². The molecule has 0 saturated carbocycles. The van der Waals surface area contributed by atoms with E-state index in [1.54, 1.807) is 6.07 Å². The zero-order valence-electron chi connectivity index (χ0n) is 11.2. The Morgan fingerprint density at radius 2 is 2.05 bits per heavy atom. The summed E-state index contributed by atoms with van der Waals surface area (Å²) in [7, 11) is 0. The fraction of sp³-hybridized carbons (Fsp3) is 0.250. The largest absolute Gasteiger partial charge is 0.492 e. The van der Waals surface area contributed by atoms with Gasteiger partial charge in [-0.05, 0) is 23.8 Å². The van der Waals surface area contributed by atoms with Gasteiger partial charge in [-0.15, -0.1) is 0 Å². The number of ether oxygens (including phenoxy) is 1. The second-order valence-electron chi connectivity index (χ2n) is 5.02. The Morgan fingerprint density at radius 3 is 2.90 bits per heavy atom. The summed E-state index contributed by atoms with van der Waals surface area (Å²) in [5.41, 5.74) is 7.79. The maximum absolute atomic E-state index is 13.5. The van der Waals surface area contributed by atoms with Crippen LogP contribution in [0.15, 0.2) is 42.5 Å². The molecule has 0 unspecified atom stereocenters. The summed E-state index contributed by atoms with van der Waals surface area (Å²) in [6.07, 6.45) is 0. The Balaban J connectivity index is 1.76. The summed E-state index contributed by atoms with van der Waals surface area (Å²) < 4.78 is 19.2. The summed E-state index contributed by atoms with van der Waals surface area (Å²) in [5.74, 6) is 0.590. The summed E-state index contributed by atoms with van der Waals surface area (Å²) in [4.78, 5) is 2.25. The first-order chi connectivity index (χ1) is 9.72. The molecule has 2 N–H and O–H groups in total. The van der Waals surface area contributed by atoms with E-state index in [1.165, 1.54) is 11.6 Å². The van der Waals surface area contributed by atoms with Gasteiger partial charge in [0.25, 0.3) is 0 Å². The maximum Gasteiger partial charge on any atom is 0.146 e. The quantitative estimate of drug-likeness (QED) is 0.854. The number of para-hydroxylation sites is 1. The zero-order chi connectivity index (χ0) is 13.9. The molecule has 0 aliphatic carbocycles. The zero-order valence-corrected chi connectivity index (χ0v) is 11.2. The van der Waals surface area contributed by atoms with Crippen LogP contribution in [0.4, 0.5) is 10.1 Å². The molecule has 0 bridgehead atoms. The van der Waals surface area contributed by atoms with E-state index < -0.39 is 0 Å². The lowest BCUT2D eigenvalue weighted by atomic mass is 10.1. The van der Waals surface area contributed by atoms with Gasteiger partial charge in [-0.1, -0.05) is 24.3 Å². The second kappa shape index (κ2) is 5.51. The SMILES string of the molecule is Nc1ccc(CN2CCOc3ccccc3C2)cc1F. The molecular weight excluding hydrogens is 255 g/mol. The molecule has 0 aromatic heterocycles. The van der Waals surface area contributed by atoms with Crippen molar-refractivity contribution in [3.05, 3.63) is 59.4 Å². The van der Waals surface area contributed by atoms with Crippen molar-refractivity contribution in [2.24, 2.45) is 0 Å². The van der Waals surface area contributed by atoms with Crippen LogP contribution in [-0.2, 0) is 13.1 Å². The Kier molecular flexibility index (Phi) is 3.56. The third-order valence-electron chi connectivity index (χ3n) is 3.50. The third-order valence-corrected chi connectivity index (χ3v) is 3.50. The molecule has 3 nitrogen and oxygen atoms in total. The van der Waals surface area contributed by atoms with Gasteiger partial charge < -0.3 is 10.5 Å². The first kappa shape index (κ1) is 12.9. The number of hydrogen-bond acceptors (Lipinski definition) is 3. The highest BCUT2D eigenvalue weighted by Gasteiger charge is 2.15. The number of fused-ring (bicyclic) bond motifs is 1. The monoisotopic (exact) mass is 272 g/mol. The van der Waals surface area contributed by atoms with Crippen LogP contribution < -0.4 is 10.5 Å². The third kappa shape index (κ3) is 2.75. The Bertz CT molecular complexity index is 615. The van der Waals surface area contributed by atoms with Crippen LogP contribution in [0.25, 0.3) is 0 Å². The van der Waals surface area contributed by atoms with Gasteiger partial charge in [0.2, 0.25) is 0 Å². The Morgan fingerprint density at radius 1 is 1.20 bits per heavy atom. The van der Waals surface area contributed by atoms with Gasteiger partial charge in [-0.25, -0.2) is 4.39 Å². The molecule has 0 saturated heterocycles. The molecule has 2 aromatic carbocycles. The Labute approximate surface area is 117 Å². The van der Waals surface area contributed by atoms with E-state index >= 15 is 0 Å². The van der Waals surface area contributed by atoms with Gasteiger partial charge in [0, 0.05) is 25.2 Å². The molecule has 0 radical (unpaired) electrons. The highest BCUT2D eigenvalue weighted by Crippen LogP contribution is 2.23. The van der Waals surface area contributed by atoms with Crippen LogP contribution in [-0.4, -0.2) is 18.1 Å². The van der Waals surface area contributed by atoms with Crippen LogP contribution in [0.5, 0.6) is 5.75 Å². The number of rotatable bonds is 2. The summed E-state index contributed by atoms with van der Waals surface area (Å²) in [6, 6.07) is 13.0. The van der Waals surface area contributed by atoms with E-state index in [1.807, 2.05) is 24.3 Å². The van der Waals surface area contributed by atoms with Gasteiger partial charge in [0.1, 0.15) is 18.2 Å². The van der Waals surface area contributed by atoms with Crippen molar-refractivity contribution < 1.29 is 9.13 Å². The molecule has 0 fully saturated rings. The summed E-state index contributed by atoms with van der Waals surface area (Å²) >= 11 is 0. The van der Waals surface area contributed by atoms with Crippen LogP contribution in [0.2, 0.25) is 0 Å². The lowest BCUT2D eigenvalue weighted by molar-refractivity contribution is 0.219. The summed E-state index contributed by atoms with van der Waals surface area (Å²) in [5, 5.41) is 0. The predicted molar refractivity (Wildman–Crippen MR) is 76.9 cm³/mol. The van der Waals surface area contributed by atoms with E-state index in [-0.39, 0.29) is 11.5 Å². The van der Waals surface area contributed by atoms with E-state index in [4.69, 9.17) is 10.5 Å². The van der Waals surface area contributed by atoms with Crippen LogP contribution in [0.1, 0.15) is 11.1 Å². The molecule has 104 valence electrons. The molecule has 1 aliphatic rings. The normalized spacial score (nSPS) is 15.2. The number of nitrogen functional groups attached to an aromatic ring is 1. The minimum atomic E-state index is -0.353. The molecular formula is C16H17FN2O.